The summed E-state index contributed by atoms with van der Waals surface area (Å²) in [7, 11) is -5.62. The topological polar surface area (TPSA) is 144 Å². The number of anilines is 1. The molecule has 194 valence electrons. The molecule has 1 fully saturated rings. The summed E-state index contributed by atoms with van der Waals surface area (Å²) >= 11 is 0. The largest absolute Gasteiger partial charge is 0.501 e. The molecule has 3 amide bonds. The molecule has 0 bridgehead atoms. The Morgan fingerprint density at radius 1 is 1.11 bits per heavy atom. The number of hydrogen-bond acceptors (Lipinski definition) is 8. The minimum atomic E-state index is -5.62. The number of amides is 3. The molecule has 3 heterocycles. The summed E-state index contributed by atoms with van der Waals surface area (Å²) in [5.41, 5.74) is -0.644. The van der Waals surface area contributed by atoms with Crippen LogP contribution in [0.25, 0.3) is 0 Å². The van der Waals surface area contributed by atoms with Gasteiger partial charge in [-0.1, -0.05) is 0 Å². The van der Waals surface area contributed by atoms with Crippen molar-refractivity contribution < 1.29 is 40.4 Å². The quantitative estimate of drug-likeness (QED) is 0.373. The molecule has 3 aromatic rings. The zero-order chi connectivity index (χ0) is 27.3. The summed E-state index contributed by atoms with van der Waals surface area (Å²) in [6, 6.07) is 6.56. The standard InChI is InChI=1S/C23H19F3N4O6S/c1-22(2)20(32)29(13-5-7-14(8-6-13)37(34,35)23(24,25)26)21(33)30(22)19(27)15-9-10-28-12-16(15)18(31)17-4-3-11-36-17/h3-12,19H,27H2,1-2H3. The van der Waals surface area contributed by atoms with E-state index in [1.807, 2.05) is 0 Å². The van der Waals surface area contributed by atoms with E-state index in [0.717, 1.165) is 17.0 Å². The molecule has 0 saturated carbocycles. The first-order chi connectivity index (χ1) is 17.2. The number of ketones is 1. The maximum absolute atomic E-state index is 13.4. The van der Waals surface area contributed by atoms with Gasteiger partial charge in [-0.15, -0.1) is 0 Å². The van der Waals surface area contributed by atoms with Gasteiger partial charge in [0.1, 0.15) is 11.7 Å². The number of urea groups is 1. The van der Waals surface area contributed by atoms with E-state index >= 15 is 0 Å². The summed E-state index contributed by atoms with van der Waals surface area (Å²) in [6.45, 7) is 2.82. The molecule has 1 aliphatic heterocycles. The summed E-state index contributed by atoms with van der Waals surface area (Å²) in [4.78, 5) is 44.2. The van der Waals surface area contributed by atoms with Crippen molar-refractivity contribution in [3.63, 3.8) is 0 Å². The number of halogens is 3. The number of sulfone groups is 1. The van der Waals surface area contributed by atoms with E-state index in [0.29, 0.717) is 17.0 Å². The number of rotatable bonds is 6. The van der Waals surface area contributed by atoms with Crippen molar-refractivity contribution in [2.75, 3.05) is 4.90 Å². The maximum atomic E-state index is 13.4. The van der Waals surface area contributed by atoms with E-state index in [9.17, 15) is 36.0 Å². The van der Waals surface area contributed by atoms with Gasteiger partial charge < -0.3 is 10.2 Å². The van der Waals surface area contributed by atoms with E-state index < -0.39 is 49.7 Å². The van der Waals surface area contributed by atoms with Crippen LogP contribution >= 0.6 is 0 Å². The van der Waals surface area contributed by atoms with Crippen molar-refractivity contribution in [2.45, 2.75) is 36.0 Å². The Balaban J connectivity index is 1.71. The Hall–Kier alpha value is -4.04. The van der Waals surface area contributed by atoms with Gasteiger partial charge in [-0.25, -0.2) is 18.1 Å². The SMILES string of the molecule is CC1(C)C(=O)N(c2ccc(S(=O)(=O)C(F)(F)F)cc2)C(=O)N1C(N)c1ccncc1C(=O)c1ccco1. The molecule has 1 atom stereocenters. The smallest absolute Gasteiger partial charge is 0.461 e. The highest BCUT2D eigenvalue weighted by atomic mass is 32.2. The molecule has 0 radical (unpaired) electrons. The monoisotopic (exact) mass is 536 g/mol. The zero-order valence-corrected chi connectivity index (χ0v) is 20.1. The summed E-state index contributed by atoms with van der Waals surface area (Å²) in [5, 5.41) is 0. The van der Waals surface area contributed by atoms with Crippen LogP contribution in [0.2, 0.25) is 0 Å². The van der Waals surface area contributed by atoms with Gasteiger partial charge in [-0.05, 0) is 56.3 Å². The molecule has 2 aromatic heterocycles. The number of nitrogens with two attached hydrogens (primary N) is 1. The van der Waals surface area contributed by atoms with Crippen LogP contribution < -0.4 is 10.6 Å². The van der Waals surface area contributed by atoms with Gasteiger partial charge in [0, 0.05) is 18.0 Å². The average Bonchev–Trinajstić information content (AvgIpc) is 3.43. The first-order valence-corrected chi connectivity index (χ1v) is 12.0. The van der Waals surface area contributed by atoms with Crippen molar-refractivity contribution in [1.82, 2.24) is 9.88 Å². The number of carbonyl (C=O) groups excluding carboxylic acids is 3. The van der Waals surface area contributed by atoms with Gasteiger partial charge in [-0.2, -0.15) is 13.2 Å². The van der Waals surface area contributed by atoms with Gasteiger partial charge in [0.2, 0.25) is 5.78 Å². The number of furan rings is 1. The molecule has 10 nitrogen and oxygen atoms in total. The second-order valence-corrected chi connectivity index (χ2v) is 10.5. The van der Waals surface area contributed by atoms with Crippen molar-refractivity contribution in [1.29, 1.82) is 0 Å². The molecule has 0 aliphatic carbocycles. The van der Waals surface area contributed by atoms with E-state index in [2.05, 4.69) is 4.98 Å². The molecule has 1 aromatic carbocycles. The van der Waals surface area contributed by atoms with Crippen LogP contribution in [-0.4, -0.2) is 47.1 Å². The van der Waals surface area contributed by atoms with Crippen LogP contribution in [-0.2, 0) is 14.6 Å². The second-order valence-electron chi connectivity index (χ2n) is 8.51. The Kier molecular flexibility index (Phi) is 6.20. The van der Waals surface area contributed by atoms with Crippen molar-refractivity contribution in [2.24, 2.45) is 5.73 Å². The number of hydrogen-bond donors (Lipinski definition) is 1. The minimum Gasteiger partial charge on any atom is -0.461 e. The molecular formula is C23H19F3N4O6S. The predicted octanol–water partition coefficient (Wildman–Crippen LogP) is 3.40. The van der Waals surface area contributed by atoms with Crippen LogP contribution in [0.4, 0.5) is 23.7 Å². The molecule has 1 saturated heterocycles. The number of alkyl halides is 3. The first-order valence-electron chi connectivity index (χ1n) is 10.6. The van der Waals surface area contributed by atoms with E-state index in [4.69, 9.17) is 10.2 Å². The van der Waals surface area contributed by atoms with Crippen molar-refractivity contribution >= 4 is 33.2 Å². The number of carbonyl (C=O) groups is 3. The number of pyridine rings is 1. The Bertz CT molecular complexity index is 1490. The van der Waals surface area contributed by atoms with Gasteiger partial charge in [0.05, 0.1) is 22.4 Å². The number of aromatic nitrogens is 1. The van der Waals surface area contributed by atoms with Crippen LogP contribution in [0.3, 0.4) is 0 Å². The molecule has 4 rings (SSSR count). The Labute approximate surface area is 208 Å². The van der Waals surface area contributed by atoms with Crippen LogP contribution in [0, 0.1) is 0 Å². The van der Waals surface area contributed by atoms with Crippen LogP contribution in [0.1, 0.15) is 41.7 Å². The molecular weight excluding hydrogens is 517 g/mol. The van der Waals surface area contributed by atoms with E-state index in [-0.39, 0.29) is 22.6 Å². The average molecular weight is 536 g/mol. The highest BCUT2D eigenvalue weighted by Crippen LogP contribution is 2.38. The first kappa shape index (κ1) is 26.0. The molecule has 0 spiro atoms. The lowest BCUT2D eigenvalue weighted by atomic mass is 9.98. The third-order valence-electron chi connectivity index (χ3n) is 5.88. The fraction of sp³-hybridized carbons (Fsp3) is 0.217. The van der Waals surface area contributed by atoms with Crippen molar-refractivity contribution in [3.05, 3.63) is 78.0 Å². The summed E-state index contributed by atoms with van der Waals surface area (Å²) in [6.07, 6.45) is 2.57. The second kappa shape index (κ2) is 8.81. The number of benzene rings is 1. The third kappa shape index (κ3) is 4.17. The van der Waals surface area contributed by atoms with Gasteiger partial charge in [-0.3, -0.25) is 19.5 Å². The van der Waals surface area contributed by atoms with Crippen LogP contribution in [0.5, 0.6) is 0 Å². The van der Waals surface area contributed by atoms with E-state index in [1.165, 1.54) is 50.7 Å². The highest BCUT2D eigenvalue weighted by molar-refractivity contribution is 7.92. The lowest BCUT2D eigenvalue weighted by Gasteiger charge is -2.33. The number of nitrogens with zero attached hydrogens (tertiary/aromatic N) is 3. The molecule has 37 heavy (non-hydrogen) atoms. The normalized spacial score (nSPS) is 16.8. The molecule has 1 aliphatic rings. The fourth-order valence-corrected chi connectivity index (χ4v) is 4.71. The van der Waals surface area contributed by atoms with E-state index in [1.54, 1.807) is 0 Å². The minimum absolute atomic E-state index is 0.0000560. The molecule has 1 unspecified atom stereocenters. The molecule has 14 heteroatoms. The lowest BCUT2D eigenvalue weighted by Crippen LogP contribution is -2.49. The summed E-state index contributed by atoms with van der Waals surface area (Å²) < 4.78 is 67.0. The Morgan fingerprint density at radius 3 is 2.32 bits per heavy atom. The van der Waals surface area contributed by atoms with Crippen molar-refractivity contribution in [3.8, 4) is 0 Å². The van der Waals surface area contributed by atoms with Gasteiger partial charge in [0.15, 0.2) is 5.76 Å². The van der Waals surface area contributed by atoms with Crippen LogP contribution in [0.15, 0.2) is 70.4 Å². The summed E-state index contributed by atoms with van der Waals surface area (Å²) in [5.74, 6) is -1.33. The zero-order valence-electron chi connectivity index (χ0n) is 19.3. The maximum Gasteiger partial charge on any atom is 0.501 e. The fourth-order valence-electron chi connectivity index (χ4n) is 3.95. The Morgan fingerprint density at radius 2 is 1.76 bits per heavy atom. The highest BCUT2D eigenvalue weighted by Gasteiger charge is 2.54. The third-order valence-corrected chi connectivity index (χ3v) is 7.38. The predicted molar refractivity (Wildman–Crippen MR) is 122 cm³/mol. The van der Waals surface area contributed by atoms with Gasteiger partial charge in [0.25, 0.3) is 15.7 Å². The van der Waals surface area contributed by atoms with Gasteiger partial charge >= 0.3 is 11.5 Å². The lowest BCUT2D eigenvalue weighted by molar-refractivity contribution is -0.124. The molecule has 2 N–H and O–H groups in total. The number of imide groups is 1.